The molecular formula is C20H28N2O2. The van der Waals surface area contributed by atoms with E-state index in [1.54, 1.807) is 0 Å². The number of hydrogen-bond acceptors (Lipinski definition) is 2. The molecule has 2 aliphatic rings. The van der Waals surface area contributed by atoms with Gasteiger partial charge < -0.3 is 10.2 Å². The van der Waals surface area contributed by atoms with Crippen LogP contribution in [0.2, 0.25) is 0 Å². The molecule has 1 saturated heterocycles. The summed E-state index contributed by atoms with van der Waals surface area (Å²) in [5.74, 6) is 1.38. The maximum atomic E-state index is 12.6. The van der Waals surface area contributed by atoms with Crippen molar-refractivity contribution in [2.24, 2.45) is 11.8 Å². The van der Waals surface area contributed by atoms with Gasteiger partial charge in [-0.1, -0.05) is 25.8 Å². The van der Waals surface area contributed by atoms with Crippen LogP contribution in [-0.4, -0.2) is 29.8 Å². The Morgan fingerprint density at radius 3 is 2.54 bits per heavy atom. The van der Waals surface area contributed by atoms with Crippen molar-refractivity contribution in [2.45, 2.75) is 51.9 Å². The molecule has 1 aromatic carbocycles. The Morgan fingerprint density at radius 2 is 1.83 bits per heavy atom. The standard InChI is InChI=1S/C20H28N2O2/c1-15-9-11-22(12-10-15)20(24)17-7-4-8-18(14-17)21-19(23)13-16-5-2-3-6-16/h4,7-8,14-16H,2-3,5-6,9-13H2,1H3,(H,21,23). The molecule has 1 heterocycles. The fourth-order valence-corrected chi connectivity index (χ4v) is 3.81. The Balaban J connectivity index is 1.58. The molecule has 1 saturated carbocycles. The lowest BCUT2D eigenvalue weighted by Crippen LogP contribution is -2.37. The quantitative estimate of drug-likeness (QED) is 0.905. The Morgan fingerprint density at radius 1 is 1.12 bits per heavy atom. The monoisotopic (exact) mass is 328 g/mol. The van der Waals surface area contributed by atoms with Gasteiger partial charge >= 0.3 is 0 Å². The van der Waals surface area contributed by atoms with Gasteiger partial charge in [-0.05, 0) is 55.7 Å². The predicted octanol–water partition coefficient (Wildman–Crippen LogP) is 4.08. The van der Waals surface area contributed by atoms with Gasteiger partial charge in [0, 0.05) is 30.8 Å². The molecule has 130 valence electrons. The molecule has 1 aromatic rings. The van der Waals surface area contributed by atoms with Crippen molar-refractivity contribution in [3.8, 4) is 0 Å². The number of carbonyl (C=O) groups is 2. The van der Waals surface area contributed by atoms with Gasteiger partial charge in [0.05, 0.1) is 0 Å². The van der Waals surface area contributed by atoms with Crippen LogP contribution in [0.15, 0.2) is 24.3 Å². The first-order valence-corrected chi connectivity index (χ1v) is 9.31. The number of amides is 2. The molecule has 3 rings (SSSR count). The lowest BCUT2D eigenvalue weighted by Gasteiger charge is -2.30. The highest BCUT2D eigenvalue weighted by atomic mass is 16.2. The van der Waals surface area contributed by atoms with E-state index in [0.29, 0.717) is 23.8 Å². The van der Waals surface area contributed by atoms with Crippen LogP contribution in [0.3, 0.4) is 0 Å². The van der Waals surface area contributed by atoms with Gasteiger partial charge in [-0.2, -0.15) is 0 Å². The summed E-state index contributed by atoms with van der Waals surface area (Å²) in [4.78, 5) is 26.7. The molecule has 2 fully saturated rings. The maximum Gasteiger partial charge on any atom is 0.253 e. The second kappa shape index (κ2) is 7.82. The first-order chi connectivity index (χ1) is 11.6. The Kier molecular flexibility index (Phi) is 5.54. The molecule has 0 bridgehead atoms. The van der Waals surface area contributed by atoms with E-state index in [-0.39, 0.29) is 11.8 Å². The Labute approximate surface area is 144 Å². The van der Waals surface area contributed by atoms with Crippen molar-refractivity contribution >= 4 is 17.5 Å². The number of nitrogens with zero attached hydrogens (tertiary/aromatic N) is 1. The summed E-state index contributed by atoms with van der Waals surface area (Å²) in [5.41, 5.74) is 1.40. The van der Waals surface area contributed by atoms with Gasteiger partial charge in [0.15, 0.2) is 0 Å². The van der Waals surface area contributed by atoms with Crippen molar-refractivity contribution in [2.75, 3.05) is 18.4 Å². The lowest BCUT2D eigenvalue weighted by atomic mass is 9.98. The van der Waals surface area contributed by atoms with Crippen LogP contribution < -0.4 is 5.32 Å². The zero-order valence-corrected chi connectivity index (χ0v) is 14.6. The smallest absolute Gasteiger partial charge is 0.253 e. The van der Waals surface area contributed by atoms with Gasteiger partial charge in [0.25, 0.3) is 5.91 Å². The van der Waals surface area contributed by atoms with Gasteiger partial charge in [-0.3, -0.25) is 9.59 Å². The number of nitrogens with one attached hydrogen (secondary N) is 1. The van der Waals surface area contributed by atoms with Crippen molar-refractivity contribution in [1.82, 2.24) is 4.90 Å². The van der Waals surface area contributed by atoms with E-state index in [9.17, 15) is 9.59 Å². The van der Waals surface area contributed by atoms with Crippen molar-refractivity contribution in [3.63, 3.8) is 0 Å². The van der Waals surface area contributed by atoms with E-state index in [4.69, 9.17) is 0 Å². The van der Waals surface area contributed by atoms with E-state index >= 15 is 0 Å². The van der Waals surface area contributed by atoms with Gasteiger partial charge in [-0.25, -0.2) is 0 Å². The van der Waals surface area contributed by atoms with E-state index in [1.165, 1.54) is 25.7 Å². The molecule has 24 heavy (non-hydrogen) atoms. The van der Waals surface area contributed by atoms with E-state index in [2.05, 4.69) is 12.2 Å². The van der Waals surface area contributed by atoms with Gasteiger partial charge in [0.2, 0.25) is 5.91 Å². The fourth-order valence-electron chi connectivity index (χ4n) is 3.81. The first kappa shape index (κ1) is 17.0. The Bertz CT molecular complexity index is 585. The number of piperidine rings is 1. The number of likely N-dealkylation sites (tertiary alicyclic amines) is 1. The van der Waals surface area contributed by atoms with Crippen LogP contribution in [0.1, 0.15) is 62.2 Å². The average molecular weight is 328 g/mol. The molecule has 4 nitrogen and oxygen atoms in total. The summed E-state index contributed by atoms with van der Waals surface area (Å²) >= 11 is 0. The summed E-state index contributed by atoms with van der Waals surface area (Å²) < 4.78 is 0. The van der Waals surface area contributed by atoms with E-state index in [0.717, 1.165) is 31.6 Å². The second-order valence-electron chi connectivity index (χ2n) is 7.46. The largest absolute Gasteiger partial charge is 0.339 e. The van der Waals surface area contributed by atoms with Crippen LogP contribution in [-0.2, 0) is 4.79 Å². The zero-order valence-electron chi connectivity index (χ0n) is 14.6. The van der Waals surface area contributed by atoms with E-state index in [1.807, 2.05) is 29.2 Å². The molecule has 4 heteroatoms. The minimum atomic E-state index is 0.0679. The second-order valence-corrected chi connectivity index (χ2v) is 7.46. The first-order valence-electron chi connectivity index (χ1n) is 9.31. The van der Waals surface area contributed by atoms with Crippen LogP contribution >= 0.6 is 0 Å². The summed E-state index contributed by atoms with van der Waals surface area (Å²) in [6.45, 7) is 3.90. The summed E-state index contributed by atoms with van der Waals surface area (Å²) in [6.07, 6.45) is 7.57. The average Bonchev–Trinajstić information content (AvgIpc) is 3.08. The van der Waals surface area contributed by atoms with Crippen LogP contribution in [0, 0.1) is 11.8 Å². The predicted molar refractivity (Wildman–Crippen MR) is 95.9 cm³/mol. The number of rotatable bonds is 4. The Hall–Kier alpha value is -1.84. The highest BCUT2D eigenvalue weighted by Gasteiger charge is 2.22. The molecule has 0 unspecified atom stereocenters. The van der Waals surface area contributed by atoms with Gasteiger partial charge in [-0.15, -0.1) is 0 Å². The number of benzene rings is 1. The summed E-state index contributed by atoms with van der Waals surface area (Å²) in [6, 6.07) is 7.37. The zero-order chi connectivity index (χ0) is 16.9. The number of anilines is 1. The molecular weight excluding hydrogens is 300 g/mol. The highest BCUT2D eigenvalue weighted by molar-refractivity contribution is 5.97. The van der Waals surface area contributed by atoms with Crippen LogP contribution in [0.4, 0.5) is 5.69 Å². The third-order valence-electron chi connectivity index (χ3n) is 5.41. The minimum absolute atomic E-state index is 0.0679. The molecule has 1 aliphatic heterocycles. The van der Waals surface area contributed by atoms with Crippen molar-refractivity contribution < 1.29 is 9.59 Å². The van der Waals surface area contributed by atoms with Crippen molar-refractivity contribution in [1.29, 1.82) is 0 Å². The van der Waals surface area contributed by atoms with Crippen LogP contribution in [0.25, 0.3) is 0 Å². The highest BCUT2D eigenvalue weighted by Crippen LogP contribution is 2.28. The topological polar surface area (TPSA) is 49.4 Å². The maximum absolute atomic E-state index is 12.6. The molecule has 0 radical (unpaired) electrons. The van der Waals surface area contributed by atoms with Gasteiger partial charge in [0.1, 0.15) is 0 Å². The van der Waals surface area contributed by atoms with Crippen molar-refractivity contribution in [3.05, 3.63) is 29.8 Å². The van der Waals surface area contributed by atoms with E-state index < -0.39 is 0 Å². The molecule has 0 spiro atoms. The molecule has 2 amide bonds. The summed E-state index contributed by atoms with van der Waals surface area (Å²) in [5, 5.41) is 2.96. The molecule has 0 aromatic heterocycles. The normalized spacial score (nSPS) is 19.5. The SMILES string of the molecule is CC1CCN(C(=O)c2cccc(NC(=O)CC3CCCC3)c2)CC1. The minimum Gasteiger partial charge on any atom is -0.339 e. The number of carbonyl (C=O) groups excluding carboxylic acids is 2. The molecule has 1 N–H and O–H groups in total. The fraction of sp³-hybridized carbons (Fsp3) is 0.600. The summed E-state index contributed by atoms with van der Waals surface area (Å²) in [7, 11) is 0. The molecule has 0 atom stereocenters. The lowest BCUT2D eigenvalue weighted by molar-refractivity contribution is -0.117. The third kappa shape index (κ3) is 4.37. The number of hydrogen-bond donors (Lipinski definition) is 1. The molecule has 1 aliphatic carbocycles. The van der Waals surface area contributed by atoms with Crippen LogP contribution in [0.5, 0.6) is 0 Å². The third-order valence-corrected chi connectivity index (χ3v) is 5.41.